The van der Waals surface area contributed by atoms with Crippen LogP contribution in [0.2, 0.25) is 0 Å². The van der Waals surface area contributed by atoms with Crippen LogP contribution in [0.5, 0.6) is 0 Å². The number of carbonyl (C=O) groups excluding carboxylic acids is 1. The molecule has 5 heteroatoms. The molecular formula is C16H22N4O. The zero-order valence-electron chi connectivity index (χ0n) is 13.3. The van der Waals surface area contributed by atoms with Gasteiger partial charge >= 0.3 is 0 Å². The van der Waals surface area contributed by atoms with Gasteiger partial charge in [0.1, 0.15) is 5.69 Å². The second-order valence-electron chi connectivity index (χ2n) is 6.31. The number of nitrogens with zero attached hydrogens (tertiary/aromatic N) is 4. The van der Waals surface area contributed by atoms with Crippen molar-refractivity contribution in [2.45, 2.75) is 32.7 Å². The molecule has 1 amide bonds. The molecule has 112 valence electrons. The van der Waals surface area contributed by atoms with Crippen molar-refractivity contribution in [2.75, 3.05) is 7.05 Å². The molecule has 0 saturated carbocycles. The Morgan fingerprint density at radius 2 is 2.10 bits per heavy atom. The number of rotatable bonds is 3. The molecule has 0 spiro atoms. The molecule has 0 atom stereocenters. The first-order valence-electron chi connectivity index (χ1n) is 6.98. The summed E-state index contributed by atoms with van der Waals surface area (Å²) >= 11 is 0. The van der Waals surface area contributed by atoms with Crippen LogP contribution in [-0.4, -0.2) is 32.6 Å². The molecule has 5 nitrogen and oxygen atoms in total. The van der Waals surface area contributed by atoms with Gasteiger partial charge in [0.2, 0.25) is 0 Å². The van der Waals surface area contributed by atoms with Crippen LogP contribution < -0.4 is 0 Å². The van der Waals surface area contributed by atoms with E-state index in [1.807, 2.05) is 18.2 Å². The minimum absolute atomic E-state index is 0.0376. The summed E-state index contributed by atoms with van der Waals surface area (Å²) in [5.74, 6) is -0.0376. The monoisotopic (exact) mass is 286 g/mol. The lowest BCUT2D eigenvalue weighted by Gasteiger charge is -2.17. The van der Waals surface area contributed by atoms with E-state index in [-0.39, 0.29) is 11.3 Å². The molecular weight excluding hydrogens is 264 g/mol. The number of amides is 1. The third-order valence-electron chi connectivity index (χ3n) is 3.36. The van der Waals surface area contributed by atoms with E-state index in [4.69, 9.17) is 0 Å². The fourth-order valence-corrected chi connectivity index (χ4v) is 2.07. The lowest BCUT2D eigenvalue weighted by atomic mass is 9.92. The fraction of sp³-hybridized carbons (Fsp3) is 0.438. The average molecular weight is 286 g/mol. The summed E-state index contributed by atoms with van der Waals surface area (Å²) in [6.07, 6.45) is 3.50. The summed E-state index contributed by atoms with van der Waals surface area (Å²) in [5, 5.41) is 4.45. The lowest BCUT2D eigenvalue weighted by molar-refractivity contribution is 0.0774. The number of pyridine rings is 1. The highest BCUT2D eigenvalue weighted by Crippen LogP contribution is 2.22. The molecule has 0 fully saturated rings. The predicted octanol–water partition coefficient (Wildman–Crippen LogP) is 2.38. The Hall–Kier alpha value is -2.17. The number of hydrogen-bond donors (Lipinski definition) is 0. The van der Waals surface area contributed by atoms with Crippen LogP contribution in [0.25, 0.3) is 0 Å². The summed E-state index contributed by atoms with van der Waals surface area (Å²) in [4.78, 5) is 18.3. The smallest absolute Gasteiger partial charge is 0.272 e. The van der Waals surface area contributed by atoms with Crippen molar-refractivity contribution in [3.63, 3.8) is 0 Å². The van der Waals surface area contributed by atoms with Crippen LogP contribution in [0.1, 0.15) is 42.5 Å². The second kappa shape index (κ2) is 5.68. The van der Waals surface area contributed by atoms with Crippen LogP contribution in [0, 0.1) is 0 Å². The van der Waals surface area contributed by atoms with Crippen molar-refractivity contribution in [1.82, 2.24) is 19.7 Å². The Balaban J connectivity index is 2.18. The van der Waals surface area contributed by atoms with Crippen LogP contribution >= 0.6 is 0 Å². The molecule has 2 rings (SSSR count). The van der Waals surface area contributed by atoms with Crippen LogP contribution in [0.4, 0.5) is 0 Å². The Kier molecular flexibility index (Phi) is 4.11. The van der Waals surface area contributed by atoms with E-state index in [0.717, 1.165) is 11.3 Å². The van der Waals surface area contributed by atoms with E-state index in [1.54, 1.807) is 36.1 Å². The molecule has 0 unspecified atom stereocenters. The predicted molar refractivity (Wildman–Crippen MR) is 81.9 cm³/mol. The zero-order valence-corrected chi connectivity index (χ0v) is 13.3. The van der Waals surface area contributed by atoms with E-state index in [9.17, 15) is 4.79 Å². The number of carbonyl (C=O) groups is 1. The highest BCUT2D eigenvalue weighted by molar-refractivity contribution is 5.92. The molecule has 2 heterocycles. The normalized spacial score (nSPS) is 11.5. The SMILES string of the molecule is CN(Cc1cccnc1)C(=O)c1cc(C(C)(C)C)nn1C. The Morgan fingerprint density at radius 1 is 1.38 bits per heavy atom. The quantitative estimate of drug-likeness (QED) is 0.870. The third kappa shape index (κ3) is 3.48. The third-order valence-corrected chi connectivity index (χ3v) is 3.36. The Bertz CT molecular complexity index is 625. The fourth-order valence-electron chi connectivity index (χ4n) is 2.07. The van der Waals surface area contributed by atoms with Gasteiger partial charge in [-0.05, 0) is 17.7 Å². The highest BCUT2D eigenvalue weighted by Gasteiger charge is 2.23. The summed E-state index contributed by atoms with van der Waals surface area (Å²) in [5.41, 5.74) is 2.46. The molecule has 0 saturated heterocycles. The van der Waals surface area contributed by atoms with Gasteiger partial charge in [-0.25, -0.2) is 0 Å². The summed E-state index contributed by atoms with van der Waals surface area (Å²) in [6, 6.07) is 5.71. The maximum Gasteiger partial charge on any atom is 0.272 e. The van der Waals surface area contributed by atoms with Gasteiger partial charge in [-0.3, -0.25) is 14.5 Å². The number of hydrogen-bond acceptors (Lipinski definition) is 3. The van der Waals surface area contributed by atoms with Crippen molar-refractivity contribution in [3.05, 3.63) is 47.5 Å². The van der Waals surface area contributed by atoms with Crippen molar-refractivity contribution >= 4 is 5.91 Å². The van der Waals surface area contributed by atoms with Crippen molar-refractivity contribution in [2.24, 2.45) is 7.05 Å². The van der Waals surface area contributed by atoms with Gasteiger partial charge < -0.3 is 4.90 Å². The van der Waals surface area contributed by atoms with Crippen molar-refractivity contribution in [1.29, 1.82) is 0 Å². The topological polar surface area (TPSA) is 51.0 Å². The average Bonchev–Trinajstić information content (AvgIpc) is 2.81. The zero-order chi connectivity index (χ0) is 15.6. The van der Waals surface area contributed by atoms with Gasteiger partial charge in [0.25, 0.3) is 5.91 Å². The lowest BCUT2D eigenvalue weighted by Crippen LogP contribution is -2.28. The number of aryl methyl sites for hydroxylation is 1. The van der Waals surface area contributed by atoms with Crippen LogP contribution in [0.15, 0.2) is 30.6 Å². The summed E-state index contributed by atoms with van der Waals surface area (Å²) in [7, 11) is 3.60. The molecule has 0 aliphatic carbocycles. The molecule has 21 heavy (non-hydrogen) atoms. The molecule has 0 bridgehead atoms. The van der Waals surface area contributed by atoms with Crippen molar-refractivity contribution < 1.29 is 4.79 Å². The van der Waals surface area contributed by atoms with Gasteiger partial charge in [0.15, 0.2) is 0 Å². The number of aromatic nitrogens is 3. The minimum atomic E-state index is -0.0712. The molecule has 0 aliphatic rings. The highest BCUT2D eigenvalue weighted by atomic mass is 16.2. The van der Waals surface area contributed by atoms with Crippen LogP contribution in [-0.2, 0) is 19.0 Å². The summed E-state index contributed by atoms with van der Waals surface area (Å²) < 4.78 is 1.66. The second-order valence-corrected chi connectivity index (χ2v) is 6.31. The summed E-state index contributed by atoms with van der Waals surface area (Å²) in [6.45, 7) is 6.79. The van der Waals surface area contributed by atoms with E-state index >= 15 is 0 Å². The Labute approximate surface area is 125 Å². The van der Waals surface area contributed by atoms with Crippen molar-refractivity contribution in [3.8, 4) is 0 Å². The van der Waals surface area contributed by atoms with E-state index in [0.29, 0.717) is 12.2 Å². The Morgan fingerprint density at radius 3 is 2.62 bits per heavy atom. The molecule has 0 aromatic carbocycles. The van der Waals surface area contributed by atoms with Gasteiger partial charge in [0, 0.05) is 38.4 Å². The van der Waals surface area contributed by atoms with Gasteiger partial charge in [0.05, 0.1) is 5.69 Å². The maximum atomic E-state index is 12.6. The van der Waals surface area contributed by atoms with Gasteiger partial charge in [-0.15, -0.1) is 0 Å². The minimum Gasteiger partial charge on any atom is -0.336 e. The van der Waals surface area contributed by atoms with E-state index in [1.165, 1.54) is 0 Å². The largest absolute Gasteiger partial charge is 0.336 e. The molecule has 2 aromatic heterocycles. The molecule has 0 aliphatic heterocycles. The van der Waals surface area contributed by atoms with Gasteiger partial charge in [-0.2, -0.15) is 5.10 Å². The first-order valence-corrected chi connectivity index (χ1v) is 6.98. The van der Waals surface area contributed by atoms with Crippen LogP contribution in [0.3, 0.4) is 0 Å². The van der Waals surface area contributed by atoms with Gasteiger partial charge in [-0.1, -0.05) is 26.8 Å². The first kappa shape index (κ1) is 15.2. The molecule has 0 radical (unpaired) electrons. The molecule has 0 N–H and O–H groups in total. The molecule has 2 aromatic rings. The van der Waals surface area contributed by atoms with E-state index in [2.05, 4.69) is 30.9 Å². The maximum absolute atomic E-state index is 12.6. The standard InChI is InChI=1S/C16H22N4O/c1-16(2,3)14-9-13(20(5)18-14)15(21)19(4)11-12-7-6-8-17-10-12/h6-10H,11H2,1-5H3. The van der Waals surface area contributed by atoms with E-state index < -0.39 is 0 Å². The first-order chi connectivity index (χ1) is 9.79.